The quantitative estimate of drug-likeness (QED) is 0.423. The highest BCUT2D eigenvalue weighted by molar-refractivity contribution is 9.10. The Balaban J connectivity index is 2.45. The van der Waals surface area contributed by atoms with E-state index >= 15 is 0 Å². The molecule has 1 aliphatic heterocycles. The summed E-state index contributed by atoms with van der Waals surface area (Å²) in [6.07, 6.45) is -17.0. The van der Waals surface area contributed by atoms with Gasteiger partial charge in [-0.3, -0.25) is 0 Å². The molecule has 1 aromatic heterocycles. The van der Waals surface area contributed by atoms with Gasteiger partial charge in [-0.2, -0.15) is 44.6 Å². The second kappa shape index (κ2) is 5.45. The highest BCUT2D eigenvalue weighted by Gasteiger charge is 2.74. The molecule has 0 atom stereocenters. The van der Waals surface area contributed by atoms with Gasteiger partial charge in [0.15, 0.2) is 5.69 Å². The van der Waals surface area contributed by atoms with Gasteiger partial charge in [0.25, 0.3) is 5.54 Å². The molecule has 2 heterocycles. The molecule has 3 N–H and O–H groups in total. The Morgan fingerprint density at radius 3 is 2.04 bits per heavy atom. The monoisotopic (exact) mass is 468 g/mol. The fourth-order valence-corrected chi connectivity index (χ4v) is 3.33. The third kappa shape index (κ3) is 2.63. The predicted molar refractivity (Wildman–Crippen MR) is 78.1 cm³/mol. The summed E-state index contributed by atoms with van der Waals surface area (Å²) in [5.41, 5.74) is -3.47. The summed E-state index contributed by atoms with van der Waals surface area (Å²) in [6.45, 7) is 0. The molecular formula is C13H6BrF9N4. The standard InChI is InChI=1S/C13H6BrF9N4/c14-7-8(11(15,16)17)26-27-6-3-4(24)1-2-5(6)10(12(18,19)20,13(21,22)23)25-9(7)27/h1-3,25H,24H2. The zero-order chi connectivity index (χ0) is 20.6. The number of alkyl halides is 9. The van der Waals surface area contributed by atoms with Crippen LogP contribution in [0.4, 0.5) is 51.0 Å². The van der Waals surface area contributed by atoms with Crippen LogP contribution in [-0.2, 0) is 11.7 Å². The van der Waals surface area contributed by atoms with Gasteiger partial charge in [0.05, 0.1) is 10.2 Å². The first-order valence-corrected chi connectivity index (χ1v) is 7.58. The molecule has 0 saturated heterocycles. The first kappa shape index (κ1) is 19.6. The van der Waals surface area contributed by atoms with Crippen molar-refractivity contribution in [3.05, 3.63) is 33.9 Å². The van der Waals surface area contributed by atoms with Gasteiger partial charge in [-0.25, -0.2) is 4.68 Å². The number of nitrogens with two attached hydrogens (primary N) is 1. The summed E-state index contributed by atoms with van der Waals surface area (Å²) in [5.74, 6) is -1.16. The largest absolute Gasteiger partial charge is 0.436 e. The average molecular weight is 469 g/mol. The van der Waals surface area contributed by atoms with Crippen molar-refractivity contribution in [1.29, 1.82) is 0 Å². The third-order valence-corrected chi connectivity index (χ3v) is 4.66. The minimum Gasteiger partial charge on any atom is -0.399 e. The lowest BCUT2D eigenvalue weighted by Gasteiger charge is -2.42. The molecule has 0 fully saturated rings. The number of benzene rings is 1. The molecule has 2 aromatic rings. The number of aromatic nitrogens is 2. The normalized spacial score (nSPS) is 16.5. The van der Waals surface area contributed by atoms with Gasteiger partial charge >= 0.3 is 18.5 Å². The number of hydrogen-bond acceptors (Lipinski definition) is 3. The summed E-state index contributed by atoms with van der Waals surface area (Å²) < 4.78 is 120. The van der Waals surface area contributed by atoms with E-state index in [0.29, 0.717) is 16.8 Å². The maximum atomic E-state index is 13.7. The van der Waals surface area contributed by atoms with E-state index in [2.05, 4.69) is 21.0 Å². The summed E-state index contributed by atoms with van der Waals surface area (Å²) >= 11 is 2.40. The molecule has 0 spiro atoms. The lowest BCUT2D eigenvalue weighted by Crippen LogP contribution is -2.61. The molecule has 14 heteroatoms. The SMILES string of the molecule is Nc1ccc2c(c1)-n1nc(C(F)(F)F)c(Br)c1NC2(C(F)(F)F)C(F)(F)F. The predicted octanol–water partition coefficient (Wildman–Crippen LogP) is 4.98. The van der Waals surface area contributed by atoms with E-state index in [-0.39, 0.29) is 5.69 Å². The van der Waals surface area contributed by atoms with Crippen LogP contribution in [0.2, 0.25) is 0 Å². The van der Waals surface area contributed by atoms with Gasteiger partial charge < -0.3 is 11.1 Å². The van der Waals surface area contributed by atoms with Crippen LogP contribution in [0.15, 0.2) is 22.7 Å². The zero-order valence-corrected chi connectivity index (χ0v) is 14.1. The van der Waals surface area contributed by atoms with Crippen LogP contribution in [0.25, 0.3) is 5.69 Å². The second-order valence-corrected chi connectivity index (χ2v) is 6.36. The minimum atomic E-state index is -5.95. The van der Waals surface area contributed by atoms with E-state index in [0.717, 1.165) is 6.07 Å². The van der Waals surface area contributed by atoms with Gasteiger partial charge in [-0.05, 0) is 28.1 Å². The summed E-state index contributed by atoms with van der Waals surface area (Å²) in [5, 5.41) is 4.32. The molecule has 1 aliphatic rings. The van der Waals surface area contributed by atoms with Crippen LogP contribution in [0.3, 0.4) is 0 Å². The Bertz CT molecular complexity index is 896. The number of nitrogens with one attached hydrogen (secondary N) is 1. The van der Waals surface area contributed by atoms with E-state index in [1.165, 1.54) is 5.32 Å². The molecule has 148 valence electrons. The molecule has 0 bridgehead atoms. The number of rotatable bonds is 0. The van der Waals surface area contributed by atoms with Crippen molar-refractivity contribution in [2.24, 2.45) is 0 Å². The fraction of sp³-hybridized carbons (Fsp3) is 0.308. The Morgan fingerprint density at radius 1 is 1.00 bits per heavy atom. The van der Waals surface area contributed by atoms with Gasteiger partial charge in [-0.15, -0.1) is 0 Å². The van der Waals surface area contributed by atoms with Crippen molar-refractivity contribution in [2.75, 3.05) is 11.1 Å². The Hall–Kier alpha value is -2.12. The minimum absolute atomic E-state index is 0.264. The third-order valence-electron chi connectivity index (χ3n) is 3.91. The molecule has 0 unspecified atom stereocenters. The van der Waals surface area contributed by atoms with Crippen LogP contribution in [0, 0.1) is 0 Å². The van der Waals surface area contributed by atoms with Crippen LogP contribution in [-0.4, -0.2) is 22.1 Å². The maximum absolute atomic E-state index is 13.7. The highest BCUT2D eigenvalue weighted by atomic mass is 79.9. The van der Waals surface area contributed by atoms with Gasteiger partial charge in [0.1, 0.15) is 5.82 Å². The first-order valence-electron chi connectivity index (χ1n) is 6.79. The molecule has 3 rings (SSSR count). The number of halogens is 10. The summed E-state index contributed by atoms with van der Waals surface area (Å²) in [6, 6.07) is 1.91. The molecule has 0 radical (unpaired) electrons. The van der Waals surface area contributed by atoms with Crippen molar-refractivity contribution in [3.8, 4) is 5.69 Å². The maximum Gasteiger partial charge on any atom is 0.436 e. The van der Waals surface area contributed by atoms with E-state index in [1.54, 1.807) is 0 Å². The topological polar surface area (TPSA) is 55.9 Å². The smallest absolute Gasteiger partial charge is 0.399 e. The van der Waals surface area contributed by atoms with Gasteiger partial charge in [-0.1, -0.05) is 6.07 Å². The molecular weight excluding hydrogens is 463 g/mol. The number of fused-ring (bicyclic) bond motifs is 3. The molecule has 1 aromatic carbocycles. The summed E-state index contributed by atoms with van der Waals surface area (Å²) in [4.78, 5) is 0. The van der Waals surface area contributed by atoms with E-state index in [9.17, 15) is 39.5 Å². The lowest BCUT2D eigenvalue weighted by molar-refractivity contribution is -0.294. The number of anilines is 2. The van der Waals surface area contributed by atoms with E-state index in [1.807, 2.05) is 0 Å². The molecule has 4 nitrogen and oxygen atoms in total. The Kier molecular flexibility index (Phi) is 3.97. The van der Waals surface area contributed by atoms with Crippen molar-refractivity contribution in [1.82, 2.24) is 9.78 Å². The lowest BCUT2D eigenvalue weighted by atomic mass is 9.85. The van der Waals surface area contributed by atoms with E-state index in [4.69, 9.17) is 5.73 Å². The highest BCUT2D eigenvalue weighted by Crippen LogP contribution is 2.57. The van der Waals surface area contributed by atoms with Crippen LogP contribution >= 0.6 is 15.9 Å². The fourth-order valence-electron chi connectivity index (χ4n) is 2.76. The van der Waals surface area contributed by atoms with E-state index < -0.39 is 51.3 Å². The molecule has 0 aliphatic carbocycles. The number of hydrogen-bond donors (Lipinski definition) is 2. The van der Waals surface area contributed by atoms with Crippen LogP contribution < -0.4 is 11.1 Å². The summed E-state index contributed by atoms with van der Waals surface area (Å²) in [7, 11) is 0. The molecule has 0 saturated carbocycles. The average Bonchev–Trinajstić information content (AvgIpc) is 2.81. The van der Waals surface area contributed by atoms with Crippen molar-refractivity contribution >= 4 is 27.4 Å². The second-order valence-electron chi connectivity index (χ2n) is 5.57. The van der Waals surface area contributed by atoms with Crippen molar-refractivity contribution in [2.45, 2.75) is 24.1 Å². The van der Waals surface area contributed by atoms with Gasteiger partial charge in [0, 0.05) is 11.3 Å². The van der Waals surface area contributed by atoms with Crippen LogP contribution in [0.1, 0.15) is 11.3 Å². The van der Waals surface area contributed by atoms with Crippen LogP contribution in [0.5, 0.6) is 0 Å². The molecule has 27 heavy (non-hydrogen) atoms. The zero-order valence-electron chi connectivity index (χ0n) is 12.5. The number of nitrogens with zero attached hydrogens (tertiary/aromatic N) is 2. The Morgan fingerprint density at radius 2 is 1.56 bits per heavy atom. The first-order chi connectivity index (χ1) is 12.1. The molecule has 0 amide bonds. The Labute approximate surface area is 152 Å². The van der Waals surface area contributed by atoms with Gasteiger partial charge in [0.2, 0.25) is 0 Å². The van der Waals surface area contributed by atoms with Crippen molar-refractivity contribution in [3.63, 3.8) is 0 Å². The van der Waals surface area contributed by atoms with Crippen molar-refractivity contribution < 1.29 is 39.5 Å². The number of nitrogen functional groups attached to an aromatic ring is 1.